The SMILES string of the molecule is Cc1nccn1C1COC(C)(C)C1. The zero-order valence-electron chi connectivity index (χ0n) is 8.45. The predicted octanol–water partition coefficient (Wildman–Crippen LogP) is 1.93. The molecule has 1 aliphatic rings. The molecule has 1 fully saturated rings. The molecule has 0 bridgehead atoms. The second-order valence-electron chi connectivity index (χ2n) is 4.31. The summed E-state index contributed by atoms with van der Waals surface area (Å²) in [6.45, 7) is 7.12. The fourth-order valence-corrected chi connectivity index (χ4v) is 1.96. The number of aryl methyl sites for hydroxylation is 1. The van der Waals surface area contributed by atoms with Gasteiger partial charge in [0, 0.05) is 12.4 Å². The van der Waals surface area contributed by atoms with Crippen molar-refractivity contribution >= 4 is 0 Å². The van der Waals surface area contributed by atoms with Crippen LogP contribution in [0, 0.1) is 6.92 Å². The zero-order chi connectivity index (χ0) is 9.47. The van der Waals surface area contributed by atoms with Gasteiger partial charge in [-0.3, -0.25) is 0 Å². The Kier molecular flexibility index (Phi) is 1.91. The van der Waals surface area contributed by atoms with Gasteiger partial charge in [0.25, 0.3) is 0 Å². The molecule has 1 atom stereocenters. The largest absolute Gasteiger partial charge is 0.373 e. The van der Waals surface area contributed by atoms with E-state index in [1.165, 1.54) is 0 Å². The Morgan fingerprint density at radius 2 is 2.38 bits per heavy atom. The fraction of sp³-hybridized carbons (Fsp3) is 0.700. The van der Waals surface area contributed by atoms with Crippen LogP contribution in [0.5, 0.6) is 0 Å². The third kappa shape index (κ3) is 1.61. The minimum absolute atomic E-state index is 0.0291. The summed E-state index contributed by atoms with van der Waals surface area (Å²) in [5.41, 5.74) is 0.0291. The predicted molar refractivity (Wildman–Crippen MR) is 50.6 cm³/mol. The van der Waals surface area contributed by atoms with Crippen LogP contribution in [0.4, 0.5) is 0 Å². The van der Waals surface area contributed by atoms with Gasteiger partial charge in [0.05, 0.1) is 18.2 Å². The van der Waals surface area contributed by atoms with E-state index in [-0.39, 0.29) is 5.60 Å². The summed E-state index contributed by atoms with van der Waals surface area (Å²) in [5.74, 6) is 1.08. The molecule has 0 saturated carbocycles. The van der Waals surface area contributed by atoms with Gasteiger partial charge < -0.3 is 9.30 Å². The summed E-state index contributed by atoms with van der Waals surface area (Å²) in [6.07, 6.45) is 4.95. The van der Waals surface area contributed by atoms with E-state index >= 15 is 0 Å². The average molecular weight is 180 g/mol. The first kappa shape index (κ1) is 8.75. The van der Waals surface area contributed by atoms with E-state index < -0.39 is 0 Å². The Labute approximate surface area is 78.7 Å². The van der Waals surface area contributed by atoms with Gasteiger partial charge in [-0.15, -0.1) is 0 Å². The van der Waals surface area contributed by atoms with Gasteiger partial charge in [0.1, 0.15) is 5.82 Å². The maximum atomic E-state index is 5.68. The highest BCUT2D eigenvalue weighted by molar-refractivity contribution is 4.96. The molecular weight excluding hydrogens is 164 g/mol. The monoisotopic (exact) mass is 180 g/mol. The van der Waals surface area contributed by atoms with Crippen LogP contribution in [-0.2, 0) is 4.74 Å². The molecule has 0 spiro atoms. The van der Waals surface area contributed by atoms with Crippen molar-refractivity contribution in [3.8, 4) is 0 Å². The third-order valence-corrected chi connectivity index (χ3v) is 2.65. The topological polar surface area (TPSA) is 27.1 Å². The number of rotatable bonds is 1. The smallest absolute Gasteiger partial charge is 0.105 e. The maximum Gasteiger partial charge on any atom is 0.105 e. The van der Waals surface area contributed by atoms with Crippen molar-refractivity contribution in [3.63, 3.8) is 0 Å². The molecule has 1 aliphatic heterocycles. The number of hydrogen-bond donors (Lipinski definition) is 0. The molecule has 1 saturated heterocycles. The molecule has 1 unspecified atom stereocenters. The van der Waals surface area contributed by atoms with E-state index in [0.717, 1.165) is 18.9 Å². The molecule has 72 valence electrons. The van der Waals surface area contributed by atoms with Crippen LogP contribution in [0.3, 0.4) is 0 Å². The Hall–Kier alpha value is -0.830. The number of nitrogens with zero attached hydrogens (tertiary/aromatic N) is 2. The van der Waals surface area contributed by atoms with Crippen LogP contribution in [0.25, 0.3) is 0 Å². The molecular formula is C10H16N2O. The van der Waals surface area contributed by atoms with Crippen LogP contribution < -0.4 is 0 Å². The van der Waals surface area contributed by atoms with Crippen LogP contribution in [0.1, 0.15) is 32.1 Å². The third-order valence-electron chi connectivity index (χ3n) is 2.65. The number of ether oxygens (including phenoxy) is 1. The van der Waals surface area contributed by atoms with Gasteiger partial charge >= 0.3 is 0 Å². The molecule has 0 amide bonds. The molecule has 0 radical (unpaired) electrons. The molecule has 13 heavy (non-hydrogen) atoms. The van der Waals surface area contributed by atoms with Crippen molar-refractivity contribution in [2.75, 3.05) is 6.61 Å². The van der Waals surface area contributed by atoms with Gasteiger partial charge in [0.2, 0.25) is 0 Å². The van der Waals surface area contributed by atoms with E-state index in [4.69, 9.17) is 4.74 Å². The van der Waals surface area contributed by atoms with Crippen molar-refractivity contribution < 1.29 is 4.74 Å². The summed E-state index contributed by atoms with van der Waals surface area (Å²) < 4.78 is 7.89. The number of hydrogen-bond acceptors (Lipinski definition) is 2. The lowest BCUT2D eigenvalue weighted by Crippen LogP contribution is -2.17. The highest BCUT2D eigenvalue weighted by atomic mass is 16.5. The fourth-order valence-electron chi connectivity index (χ4n) is 1.96. The Morgan fingerprint density at radius 3 is 2.85 bits per heavy atom. The normalized spacial score (nSPS) is 26.5. The summed E-state index contributed by atoms with van der Waals surface area (Å²) in [4.78, 5) is 4.22. The Bertz CT molecular complexity index is 304. The van der Waals surface area contributed by atoms with Gasteiger partial charge in [-0.05, 0) is 27.2 Å². The van der Waals surface area contributed by atoms with Gasteiger partial charge in [-0.25, -0.2) is 4.98 Å². The van der Waals surface area contributed by atoms with E-state index in [0.29, 0.717) is 6.04 Å². The van der Waals surface area contributed by atoms with Crippen LogP contribution >= 0.6 is 0 Å². The lowest BCUT2D eigenvalue weighted by molar-refractivity contribution is 0.0352. The molecule has 1 aromatic heterocycles. The summed E-state index contributed by atoms with van der Waals surface area (Å²) >= 11 is 0. The molecule has 2 rings (SSSR count). The Morgan fingerprint density at radius 1 is 1.62 bits per heavy atom. The first-order chi connectivity index (χ1) is 6.08. The summed E-state index contributed by atoms with van der Waals surface area (Å²) in [6, 6.07) is 0.470. The quantitative estimate of drug-likeness (QED) is 0.660. The van der Waals surface area contributed by atoms with Crippen LogP contribution in [0.15, 0.2) is 12.4 Å². The second kappa shape index (κ2) is 2.84. The molecule has 0 aliphatic carbocycles. The second-order valence-corrected chi connectivity index (χ2v) is 4.31. The molecule has 0 N–H and O–H groups in total. The zero-order valence-corrected chi connectivity index (χ0v) is 8.45. The van der Waals surface area contributed by atoms with Crippen molar-refractivity contribution in [2.24, 2.45) is 0 Å². The van der Waals surface area contributed by atoms with E-state index in [9.17, 15) is 0 Å². The standard InChI is InChI=1S/C10H16N2O/c1-8-11-4-5-12(8)9-6-10(2,3)13-7-9/h4-5,9H,6-7H2,1-3H3. The molecule has 0 aromatic carbocycles. The van der Waals surface area contributed by atoms with E-state index in [1.807, 2.05) is 19.3 Å². The average Bonchev–Trinajstić information content (AvgIpc) is 2.56. The van der Waals surface area contributed by atoms with E-state index in [2.05, 4.69) is 23.4 Å². The highest BCUT2D eigenvalue weighted by Crippen LogP contribution is 2.32. The first-order valence-electron chi connectivity index (χ1n) is 4.72. The lowest BCUT2D eigenvalue weighted by Gasteiger charge is -2.16. The van der Waals surface area contributed by atoms with Crippen molar-refractivity contribution in [2.45, 2.75) is 38.8 Å². The van der Waals surface area contributed by atoms with Gasteiger partial charge in [0.15, 0.2) is 0 Å². The summed E-state index contributed by atoms with van der Waals surface area (Å²) in [7, 11) is 0. The highest BCUT2D eigenvalue weighted by Gasteiger charge is 2.33. The minimum atomic E-state index is 0.0291. The van der Waals surface area contributed by atoms with Gasteiger partial charge in [-0.1, -0.05) is 0 Å². The van der Waals surface area contributed by atoms with Crippen molar-refractivity contribution in [1.29, 1.82) is 0 Å². The maximum absolute atomic E-state index is 5.68. The van der Waals surface area contributed by atoms with Crippen molar-refractivity contribution in [3.05, 3.63) is 18.2 Å². The summed E-state index contributed by atoms with van der Waals surface area (Å²) in [5, 5.41) is 0. The molecule has 3 nitrogen and oxygen atoms in total. The molecule has 1 aromatic rings. The van der Waals surface area contributed by atoms with Crippen LogP contribution in [0.2, 0.25) is 0 Å². The number of imidazole rings is 1. The molecule has 2 heterocycles. The Balaban J connectivity index is 2.17. The minimum Gasteiger partial charge on any atom is -0.373 e. The van der Waals surface area contributed by atoms with E-state index in [1.54, 1.807) is 0 Å². The first-order valence-corrected chi connectivity index (χ1v) is 4.72. The lowest BCUT2D eigenvalue weighted by atomic mass is 10.0. The van der Waals surface area contributed by atoms with Crippen LogP contribution in [-0.4, -0.2) is 21.8 Å². The molecule has 3 heteroatoms. The van der Waals surface area contributed by atoms with Crippen molar-refractivity contribution in [1.82, 2.24) is 9.55 Å². The van der Waals surface area contributed by atoms with Gasteiger partial charge in [-0.2, -0.15) is 0 Å². The number of aromatic nitrogens is 2.